The fraction of sp³-hybridized carbons (Fsp3) is 0.350. The van der Waals surface area contributed by atoms with Gasteiger partial charge in [-0.15, -0.1) is 0 Å². The van der Waals surface area contributed by atoms with E-state index < -0.39 is 5.97 Å². The SMILES string of the molecule is Cc1cc(/C=N/NC(=O)CN2CCOCC2)c(C)n1-c1ccc(C(=O)O)cc1. The first kappa shape index (κ1) is 19.8. The van der Waals surface area contributed by atoms with Gasteiger partial charge in [0.25, 0.3) is 5.91 Å². The monoisotopic (exact) mass is 384 g/mol. The van der Waals surface area contributed by atoms with E-state index in [1.54, 1.807) is 30.5 Å². The van der Waals surface area contributed by atoms with Crippen molar-refractivity contribution in [3.63, 3.8) is 0 Å². The Kier molecular flexibility index (Phi) is 6.23. The number of aromatic carboxylic acids is 1. The second-order valence-electron chi connectivity index (χ2n) is 6.70. The van der Waals surface area contributed by atoms with Crippen LogP contribution in [-0.4, -0.2) is 65.5 Å². The lowest BCUT2D eigenvalue weighted by Gasteiger charge is -2.25. The maximum Gasteiger partial charge on any atom is 0.335 e. The van der Waals surface area contributed by atoms with Gasteiger partial charge >= 0.3 is 5.97 Å². The molecule has 8 heteroatoms. The molecule has 1 saturated heterocycles. The molecule has 3 rings (SSSR count). The van der Waals surface area contributed by atoms with Crippen LogP contribution in [0.5, 0.6) is 0 Å². The number of carboxylic acids is 1. The van der Waals surface area contributed by atoms with Gasteiger partial charge in [-0.3, -0.25) is 9.69 Å². The van der Waals surface area contributed by atoms with Crippen molar-refractivity contribution in [2.24, 2.45) is 5.10 Å². The first-order valence-electron chi connectivity index (χ1n) is 9.10. The molecule has 2 heterocycles. The van der Waals surface area contributed by atoms with Crippen molar-refractivity contribution in [3.05, 3.63) is 52.8 Å². The number of carbonyl (C=O) groups is 2. The van der Waals surface area contributed by atoms with Crippen molar-refractivity contribution in [1.29, 1.82) is 0 Å². The summed E-state index contributed by atoms with van der Waals surface area (Å²) in [6, 6.07) is 8.67. The van der Waals surface area contributed by atoms with E-state index in [-0.39, 0.29) is 11.5 Å². The molecule has 1 aromatic carbocycles. The fourth-order valence-corrected chi connectivity index (χ4v) is 3.24. The maximum atomic E-state index is 12.0. The van der Waals surface area contributed by atoms with Gasteiger partial charge in [-0.05, 0) is 44.2 Å². The van der Waals surface area contributed by atoms with Crippen LogP contribution in [0.15, 0.2) is 35.4 Å². The molecule has 0 spiro atoms. The number of carbonyl (C=O) groups excluding carboxylic acids is 1. The highest BCUT2D eigenvalue weighted by molar-refractivity contribution is 5.88. The lowest BCUT2D eigenvalue weighted by atomic mass is 10.2. The van der Waals surface area contributed by atoms with Crippen molar-refractivity contribution < 1.29 is 19.4 Å². The zero-order valence-electron chi connectivity index (χ0n) is 16.0. The highest BCUT2D eigenvalue weighted by Gasteiger charge is 2.14. The minimum atomic E-state index is -0.951. The number of aromatic nitrogens is 1. The number of amides is 1. The summed E-state index contributed by atoms with van der Waals surface area (Å²) < 4.78 is 7.28. The highest BCUT2D eigenvalue weighted by atomic mass is 16.5. The van der Waals surface area contributed by atoms with Crippen LogP contribution in [0.1, 0.15) is 27.3 Å². The van der Waals surface area contributed by atoms with Gasteiger partial charge in [-0.1, -0.05) is 0 Å². The van der Waals surface area contributed by atoms with Crippen LogP contribution in [0.3, 0.4) is 0 Å². The van der Waals surface area contributed by atoms with Gasteiger partial charge in [-0.2, -0.15) is 5.10 Å². The summed E-state index contributed by atoms with van der Waals surface area (Å²) in [5.74, 6) is -1.11. The standard InChI is InChI=1S/C20H24N4O4/c1-14-11-17(12-21-22-19(25)13-23-7-9-28-10-8-23)15(2)24(14)18-5-3-16(4-6-18)20(26)27/h3-6,11-12H,7-10,13H2,1-2H3,(H,22,25)(H,26,27)/b21-12+. The molecule has 0 unspecified atom stereocenters. The molecular formula is C20H24N4O4. The lowest BCUT2D eigenvalue weighted by Crippen LogP contribution is -2.42. The van der Waals surface area contributed by atoms with Gasteiger partial charge in [0.15, 0.2) is 0 Å². The molecule has 0 saturated carbocycles. The summed E-state index contributed by atoms with van der Waals surface area (Å²) in [7, 11) is 0. The molecule has 1 aliphatic heterocycles. The maximum absolute atomic E-state index is 12.0. The number of ether oxygens (including phenoxy) is 1. The molecule has 1 amide bonds. The summed E-state index contributed by atoms with van der Waals surface area (Å²) in [6.07, 6.45) is 1.63. The molecule has 1 aliphatic rings. The third kappa shape index (κ3) is 4.65. The molecular weight excluding hydrogens is 360 g/mol. The minimum absolute atomic E-state index is 0.156. The van der Waals surface area contributed by atoms with Crippen LogP contribution in [0.25, 0.3) is 5.69 Å². The van der Waals surface area contributed by atoms with Gasteiger partial charge < -0.3 is 14.4 Å². The number of aryl methyl sites for hydroxylation is 1. The topological polar surface area (TPSA) is 96.2 Å². The quantitative estimate of drug-likeness (QED) is 0.582. The molecule has 148 valence electrons. The van der Waals surface area contributed by atoms with Gasteiger partial charge in [-0.25, -0.2) is 10.2 Å². The van der Waals surface area contributed by atoms with Crippen molar-refractivity contribution in [1.82, 2.24) is 14.9 Å². The summed E-state index contributed by atoms with van der Waals surface area (Å²) in [5.41, 5.74) is 6.50. The normalized spacial score (nSPS) is 15.1. The first-order valence-corrected chi connectivity index (χ1v) is 9.10. The number of hydrazone groups is 1. The minimum Gasteiger partial charge on any atom is -0.478 e. The van der Waals surface area contributed by atoms with Gasteiger partial charge in [0.05, 0.1) is 31.5 Å². The Labute approximate surface area is 163 Å². The largest absolute Gasteiger partial charge is 0.478 e. The Bertz CT molecular complexity index is 880. The Morgan fingerprint density at radius 1 is 1.21 bits per heavy atom. The molecule has 0 bridgehead atoms. The van der Waals surface area contributed by atoms with Crippen LogP contribution in [0.4, 0.5) is 0 Å². The summed E-state index contributed by atoms with van der Waals surface area (Å²) in [5, 5.41) is 13.1. The number of nitrogens with one attached hydrogen (secondary N) is 1. The van der Waals surface area contributed by atoms with E-state index >= 15 is 0 Å². The molecule has 0 radical (unpaired) electrons. The predicted octanol–water partition coefficient (Wildman–Crippen LogP) is 1.57. The van der Waals surface area contributed by atoms with Crippen LogP contribution in [0, 0.1) is 13.8 Å². The third-order valence-corrected chi connectivity index (χ3v) is 4.71. The number of rotatable bonds is 6. The van der Waals surface area contributed by atoms with Crippen LogP contribution >= 0.6 is 0 Å². The molecule has 28 heavy (non-hydrogen) atoms. The van der Waals surface area contributed by atoms with E-state index in [1.807, 2.05) is 29.4 Å². The van der Waals surface area contributed by atoms with E-state index in [9.17, 15) is 9.59 Å². The average Bonchev–Trinajstić information content (AvgIpc) is 2.96. The first-order chi connectivity index (χ1) is 13.5. The summed E-state index contributed by atoms with van der Waals surface area (Å²) in [6.45, 7) is 7.01. The number of hydrogen-bond acceptors (Lipinski definition) is 5. The highest BCUT2D eigenvalue weighted by Crippen LogP contribution is 2.20. The van der Waals surface area contributed by atoms with Crippen LogP contribution in [-0.2, 0) is 9.53 Å². The van der Waals surface area contributed by atoms with E-state index in [0.717, 1.165) is 35.7 Å². The smallest absolute Gasteiger partial charge is 0.335 e. The number of morpholine rings is 1. The second-order valence-corrected chi connectivity index (χ2v) is 6.70. The van der Waals surface area contributed by atoms with Crippen LogP contribution < -0.4 is 5.43 Å². The Hall–Kier alpha value is -2.97. The Balaban J connectivity index is 1.66. The van der Waals surface area contributed by atoms with E-state index in [4.69, 9.17) is 9.84 Å². The van der Waals surface area contributed by atoms with Crippen molar-refractivity contribution >= 4 is 18.1 Å². The zero-order valence-corrected chi connectivity index (χ0v) is 16.0. The Morgan fingerprint density at radius 3 is 2.54 bits per heavy atom. The molecule has 2 N–H and O–H groups in total. The second kappa shape index (κ2) is 8.81. The van der Waals surface area contributed by atoms with Crippen molar-refractivity contribution in [2.45, 2.75) is 13.8 Å². The zero-order chi connectivity index (χ0) is 20.1. The van der Waals surface area contributed by atoms with E-state index in [1.165, 1.54) is 0 Å². The van der Waals surface area contributed by atoms with Crippen LogP contribution in [0.2, 0.25) is 0 Å². The van der Waals surface area contributed by atoms with Gasteiger partial charge in [0, 0.05) is 35.7 Å². The predicted molar refractivity (Wildman–Crippen MR) is 105 cm³/mol. The van der Waals surface area contributed by atoms with Gasteiger partial charge in [0.1, 0.15) is 0 Å². The molecule has 0 atom stereocenters. The third-order valence-electron chi connectivity index (χ3n) is 4.71. The molecule has 1 aromatic heterocycles. The molecule has 8 nitrogen and oxygen atoms in total. The van der Waals surface area contributed by atoms with Crippen molar-refractivity contribution in [2.75, 3.05) is 32.8 Å². The average molecular weight is 384 g/mol. The fourth-order valence-electron chi connectivity index (χ4n) is 3.24. The number of nitrogens with zero attached hydrogens (tertiary/aromatic N) is 3. The number of benzene rings is 1. The Morgan fingerprint density at radius 2 is 1.89 bits per heavy atom. The summed E-state index contributed by atoms with van der Waals surface area (Å²) in [4.78, 5) is 25.1. The number of hydrogen-bond donors (Lipinski definition) is 2. The van der Waals surface area contributed by atoms with E-state index in [2.05, 4.69) is 10.5 Å². The lowest BCUT2D eigenvalue weighted by molar-refractivity contribution is -0.123. The molecule has 0 aliphatic carbocycles. The molecule has 2 aromatic rings. The summed E-state index contributed by atoms with van der Waals surface area (Å²) >= 11 is 0. The van der Waals surface area contributed by atoms with Gasteiger partial charge in [0.2, 0.25) is 0 Å². The van der Waals surface area contributed by atoms with Crippen molar-refractivity contribution in [3.8, 4) is 5.69 Å². The molecule has 1 fully saturated rings. The number of carboxylic acid groups (broad SMARTS) is 1. The van der Waals surface area contributed by atoms with E-state index in [0.29, 0.717) is 19.8 Å².